The van der Waals surface area contributed by atoms with E-state index in [4.69, 9.17) is 0 Å². The first-order chi connectivity index (χ1) is 11.3. The summed E-state index contributed by atoms with van der Waals surface area (Å²) in [5, 5.41) is 31.0. The van der Waals surface area contributed by atoms with Crippen LogP contribution in [0.1, 0.15) is 20.7 Å². The molecule has 0 aliphatic heterocycles. The Morgan fingerprint density at radius 1 is 0.917 bits per heavy atom. The van der Waals surface area contributed by atoms with Crippen molar-refractivity contribution in [2.24, 2.45) is 0 Å². The fourth-order valence-corrected chi connectivity index (χ4v) is 1.77. The average molecular weight is 332 g/mol. The van der Waals surface area contributed by atoms with Gasteiger partial charge in [-0.15, -0.1) is 0 Å². The maximum Gasteiger partial charge on any atom is 0.349 e. The van der Waals surface area contributed by atoms with Crippen molar-refractivity contribution in [3.63, 3.8) is 0 Å². The largest absolute Gasteiger partial charge is 0.507 e. The molecule has 0 amide bonds. The van der Waals surface area contributed by atoms with Crippen LogP contribution < -0.4 is 0 Å². The molecule has 0 unspecified atom stereocenters. The summed E-state index contributed by atoms with van der Waals surface area (Å²) in [6.45, 7) is 0. The Kier molecular flexibility index (Phi) is 4.50. The Morgan fingerprint density at radius 3 is 1.96 bits per heavy atom. The lowest BCUT2D eigenvalue weighted by molar-refractivity contribution is -0.394. The van der Waals surface area contributed by atoms with Crippen molar-refractivity contribution in [2.75, 3.05) is 0 Å². The summed E-state index contributed by atoms with van der Waals surface area (Å²) in [5.74, 6) is -2.96. The fourth-order valence-electron chi connectivity index (χ4n) is 1.77. The van der Waals surface area contributed by atoms with Crippen molar-refractivity contribution < 1.29 is 29.3 Å². The lowest BCUT2D eigenvalue weighted by atomic mass is 10.1. The average Bonchev–Trinajstić information content (AvgIpc) is 2.54. The minimum Gasteiger partial charge on any atom is -0.507 e. The van der Waals surface area contributed by atoms with Gasteiger partial charge in [0.2, 0.25) is 0 Å². The van der Waals surface area contributed by atoms with E-state index in [1.165, 1.54) is 24.3 Å². The Balaban J connectivity index is 2.32. The number of nitro benzene ring substituents is 2. The smallest absolute Gasteiger partial charge is 0.349 e. The molecule has 0 spiro atoms. The highest BCUT2D eigenvalue weighted by Crippen LogP contribution is 2.24. The molecule has 24 heavy (non-hydrogen) atoms. The standard InChI is InChI=1S/C14H8N2O8/c17-12-4-2-1-3-11(12)14(19)24-13(18)8-5-9(15(20)21)7-10(6-8)16(22)23/h1-7,17H. The molecule has 0 aliphatic rings. The van der Waals surface area contributed by atoms with Crippen LogP contribution in [0.3, 0.4) is 0 Å². The number of nitro groups is 2. The molecule has 10 nitrogen and oxygen atoms in total. The van der Waals surface area contributed by atoms with Crippen molar-refractivity contribution >= 4 is 23.3 Å². The van der Waals surface area contributed by atoms with E-state index in [2.05, 4.69) is 4.74 Å². The first-order valence-electron chi connectivity index (χ1n) is 6.28. The Hall–Kier alpha value is -3.82. The predicted octanol–water partition coefficient (Wildman–Crippen LogP) is 2.21. The number of non-ortho nitro benzene ring substituents is 2. The lowest BCUT2D eigenvalue weighted by Crippen LogP contribution is -2.13. The molecule has 0 atom stereocenters. The van der Waals surface area contributed by atoms with Gasteiger partial charge in [0, 0.05) is 12.1 Å². The number of nitrogens with zero attached hydrogens (tertiary/aromatic N) is 2. The summed E-state index contributed by atoms with van der Waals surface area (Å²) in [5.41, 5.74) is -2.25. The number of carbonyl (C=O) groups is 2. The van der Waals surface area contributed by atoms with E-state index >= 15 is 0 Å². The van der Waals surface area contributed by atoms with E-state index in [9.17, 15) is 34.9 Å². The molecule has 2 rings (SSSR count). The second-order valence-electron chi connectivity index (χ2n) is 4.45. The van der Waals surface area contributed by atoms with Gasteiger partial charge in [-0.3, -0.25) is 20.2 Å². The molecule has 0 heterocycles. The third-order valence-corrected chi connectivity index (χ3v) is 2.87. The van der Waals surface area contributed by atoms with E-state index < -0.39 is 44.5 Å². The number of hydrogen-bond donors (Lipinski definition) is 1. The van der Waals surface area contributed by atoms with Crippen LogP contribution in [0.2, 0.25) is 0 Å². The predicted molar refractivity (Wildman–Crippen MR) is 77.6 cm³/mol. The Morgan fingerprint density at radius 2 is 1.46 bits per heavy atom. The van der Waals surface area contributed by atoms with Gasteiger partial charge in [0.05, 0.1) is 21.5 Å². The highest BCUT2D eigenvalue weighted by atomic mass is 16.6. The quantitative estimate of drug-likeness (QED) is 0.387. The van der Waals surface area contributed by atoms with Crippen LogP contribution in [0.25, 0.3) is 0 Å². The van der Waals surface area contributed by atoms with Crippen molar-refractivity contribution in [3.05, 3.63) is 73.8 Å². The number of esters is 2. The number of carbonyl (C=O) groups excluding carboxylic acids is 2. The molecule has 0 bridgehead atoms. The van der Waals surface area contributed by atoms with Crippen LogP contribution in [0.4, 0.5) is 11.4 Å². The zero-order valence-electron chi connectivity index (χ0n) is 11.7. The zero-order valence-corrected chi connectivity index (χ0v) is 11.7. The number of benzene rings is 2. The van der Waals surface area contributed by atoms with Crippen molar-refractivity contribution in [1.29, 1.82) is 0 Å². The summed E-state index contributed by atoms with van der Waals surface area (Å²) >= 11 is 0. The van der Waals surface area contributed by atoms with E-state index in [0.717, 1.165) is 12.1 Å². The van der Waals surface area contributed by atoms with Crippen LogP contribution in [-0.2, 0) is 4.74 Å². The molecular formula is C14H8N2O8. The van der Waals surface area contributed by atoms with Crippen molar-refractivity contribution in [1.82, 2.24) is 0 Å². The highest BCUT2D eigenvalue weighted by Gasteiger charge is 2.23. The minimum atomic E-state index is -1.32. The van der Waals surface area contributed by atoms with Gasteiger partial charge >= 0.3 is 11.9 Å². The van der Waals surface area contributed by atoms with Crippen LogP contribution >= 0.6 is 0 Å². The molecule has 10 heteroatoms. The van der Waals surface area contributed by atoms with Gasteiger partial charge < -0.3 is 9.84 Å². The fraction of sp³-hybridized carbons (Fsp3) is 0. The molecule has 0 aliphatic carbocycles. The molecule has 2 aromatic carbocycles. The van der Waals surface area contributed by atoms with E-state index in [1.807, 2.05) is 0 Å². The maximum absolute atomic E-state index is 11.9. The normalized spacial score (nSPS) is 10.0. The summed E-state index contributed by atoms with van der Waals surface area (Å²) in [7, 11) is 0. The van der Waals surface area contributed by atoms with Gasteiger partial charge in [-0.1, -0.05) is 12.1 Å². The third kappa shape index (κ3) is 3.50. The van der Waals surface area contributed by atoms with Crippen LogP contribution in [0.15, 0.2) is 42.5 Å². The number of ether oxygens (including phenoxy) is 1. The van der Waals surface area contributed by atoms with E-state index in [-0.39, 0.29) is 5.56 Å². The number of hydrogen-bond acceptors (Lipinski definition) is 8. The topological polar surface area (TPSA) is 150 Å². The van der Waals surface area contributed by atoms with Gasteiger partial charge in [0.15, 0.2) is 0 Å². The van der Waals surface area contributed by atoms with Gasteiger partial charge in [0.25, 0.3) is 11.4 Å². The maximum atomic E-state index is 11.9. The first kappa shape index (κ1) is 16.5. The highest BCUT2D eigenvalue weighted by molar-refractivity contribution is 6.04. The van der Waals surface area contributed by atoms with Gasteiger partial charge in [-0.25, -0.2) is 9.59 Å². The molecule has 0 saturated heterocycles. The minimum absolute atomic E-state index is 0.300. The van der Waals surface area contributed by atoms with Gasteiger partial charge in [0.1, 0.15) is 11.3 Å². The second-order valence-corrected chi connectivity index (χ2v) is 4.45. The molecule has 0 saturated carbocycles. The molecule has 122 valence electrons. The Labute approximate surface area is 133 Å². The number of phenols is 1. The number of para-hydroxylation sites is 1. The molecule has 1 N–H and O–H groups in total. The SMILES string of the molecule is O=C(OC(=O)c1ccccc1O)c1cc([N+](=O)[O-])cc([N+](=O)[O-])c1. The molecule has 0 fully saturated rings. The van der Waals surface area contributed by atoms with Crippen LogP contribution in [-0.4, -0.2) is 26.9 Å². The number of aromatic hydroxyl groups is 1. The first-order valence-corrected chi connectivity index (χ1v) is 6.28. The van der Waals surface area contributed by atoms with Crippen molar-refractivity contribution in [2.45, 2.75) is 0 Å². The third-order valence-electron chi connectivity index (χ3n) is 2.87. The second kappa shape index (κ2) is 6.52. The molecule has 0 aromatic heterocycles. The van der Waals surface area contributed by atoms with E-state index in [0.29, 0.717) is 6.07 Å². The Bertz CT molecular complexity index is 829. The molecular weight excluding hydrogens is 324 g/mol. The van der Waals surface area contributed by atoms with Gasteiger partial charge in [-0.05, 0) is 12.1 Å². The van der Waals surface area contributed by atoms with Gasteiger partial charge in [-0.2, -0.15) is 0 Å². The molecule has 0 radical (unpaired) electrons. The van der Waals surface area contributed by atoms with Crippen LogP contribution in [0.5, 0.6) is 5.75 Å². The summed E-state index contributed by atoms with van der Waals surface area (Å²) < 4.78 is 4.49. The van der Waals surface area contributed by atoms with E-state index in [1.54, 1.807) is 0 Å². The van der Waals surface area contributed by atoms with Crippen LogP contribution in [0, 0.1) is 20.2 Å². The summed E-state index contributed by atoms with van der Waals surface area (Å²) in [6, 6.07) is 7.40. The number of rotatable bonds is 4. The van der Waals surface area contributed by atoms with Crippen molar-refractivity contribution in [3.8, 4) is 5.75 Å². The lowest BCUT2D eigenvalue weighted by Gasteiger charge is -2.05. The summed E-state index contributed by atoms with van der Waals surface area (Å²) in [6.07, 6.45) is 0. The summed E-state index contributed by atoms with van der Waals surface area (Å²) in [4.78, 5) is 43.4. The number of phenolic OH excluding ortho intramolecular Hbond substituents is 1. The zero-order chi connectivity index (χ0) is 17.9. The molecule has 2 aromatic rings. The monoisotopic (exact) mass is 332 g/mol.